The van der Waals surface area contributed by atoms with Crippen molar-refractivity contribution in [2.45, 2.75) is 0 Å². The summed E-state index contributed by atoms with van der Waals surface area (Å²) in [7, 11) is 1.60. The summed E-state index contributed by atoms with van der Waals surface area (Å²) in [6, 6.07) is 7.32. The minimum absolute atomic E-state index is 0.248. The molecule has 0 aliphatic rings. The number of anilines is 1. The number of benzene rings is 1. The molecule has 0 aliphatic carbocycles. The van der Waals surface area contributed by atoms with Crippen molar-refractivity contribution in [3.05, 3.63) is 24.3 Å². The van der Waals surface area contributed by atoms with E-state index in [0.29, 0.717) is 0 Å². The number of aromatic nitrogens is 4. The van der Waals surface area contributed by atoms with Crippen LogP contribution in [0.1, 0.15) is 0 Å². The van der Waals surface area contributed by atoms with Gasteiger partial charge in [0, 0.05) is 6.07 Å². The van der Waals surface area contributed by atoms with Gasteiger partial charge in [-0.3, -0.25) is 0 Å². The van der Waals surface area contributed by atoms with Gasteiger partial charge in [-0.1, -0.05) is 11.2 Å². The van der Waals surface area contributed by atoms with E-state index in [1.165, 1.54) is 4.68 Å². The highest BCUT2D eigenvalue weighted by atomic mass is 16.5. The lowest BCUT2D eigenvalue weighted by molar-refractivity contribution is 0.414. The van der Waals surface area contributed by atoms with Gasteiger partial charge < -0.3 is 10.5 Å². The van der Waals surface area contributed by atoms with Crippen molar-refractivity contribution >= 4 is 5.95 Å². The van der Waals surface area contributed by atoms with Crippen LogP contribution in [0.4, 0.5) is 5.95 Å². The standard InChI is InChI=1S/C8H9N5O/c1-14-7-4-2-3-6(5-7)13-8(9)10-11-12-13/h2-5H,1H3,(H2,9,10,12). The molecule has 0 amide bonds. The van der Waals surface area contributed by atoms with Crippen LogP contribution < -0.4 is 10.5 Å². The second kappa shape index (κ2) is 3.33. The molecule has 2 N–H and O–H groups in total. The van der Waals surface area contributed by atoms with Crippen LogP contribution in [0.25, 0.3) is 5.69 Å². The third-order valence-corrected chi connectivity index (χ3v) is 1.79. The van der Waals surface area contributed by atoms with Crippen LogP contribution in [0.2, 0.25) is 0 Å². The average molecular weight is 191 g/mol. The molecule has 0 bridgehead atoms. The molecule has 72 valence electrons. The number of nitrogens with zero attached hydrogens (tertiary/aromatic N) is 4. The van der Waals surface area contributed by atoms with Gasteiger partial charge in [0.2, 0.25) is 5.95 Å². The lowest BCUT2D eigenvalue weighted by Crippen LogP contribution is -2.02. The second-order valence-electron chi connectivity index (χ2n) is 2.65. The Hall–Kier alpha value is -2.11. The maximum Gasteiger partial charge on any atom is 0.245 e. The maximum atomic E-state index is 5.55. The monoisotopic (exact) mass is 191 g/mol. The molecule has 0 saturated carbocycles. The van der Waals surface area contributed by atoms with Gasteiger partial charge in [0.1, 0.15) is 5.75 Å². The molecule has 0 saturated heterocycles. The molecule has 2 rings (SSSR count). The number of tetrazole rings is 1. The second-order valence-corrected chi connectivity index (χ2v) is 2.65. The summed E-state index contributed by atoms with van der Waals surface area (Å²) >= 11 is 0. The van der Waals surface area contributed by atoms with Crippen LogP contribution in [-0.4, -0.2) is 27.3 Å². The molecule has 14 heavy (non-hydrogen) atoms. The van der Waals surface area contributed by atoms with E-state index in [1.807, 2.05) is 18.2 Å². The van der Waals surface area contributed by atoms with Gasteiger partial charge in [0.15, 0.2) is 0 Å². The molecule has 0 radical (unpaired) electrons. The van der Waals surface area contributed by atoms with Gasteiger partial charge in [0.05, 0.1) is 12.8 Å². The van der Waals surface area contributed by atoms with E-state index in [4.69, 9.17) is 10.5 Å². The van der Waals surface area contributed by atoms with Gasteiger partial charge in [-0.25, -0.2) is 0 Å². The van der Waals surface area contributed by atoms with Crippen molar-refractivity contribution in [3.63, 3.8) is 0 Å². The summed E-state index contributed by atoms with van der Waals surface area (Å²) in [6.45, 7) is 0. The average Bonchev–Trinajstić information content (AvgIpc) is 2.65. The number of methoxy groups -OCH3 is 1. The first-order valence-corrected chi connectivity index (χ1v) is 3.99. The van der Waals surface area contributed by atoms with E-state index in [2.05, 4.69) is 15.5 Å². The van der Waals surface area contributed by atoms with Crippen molar-refractivity contribution in [1.82, 2.24) is 20.2 Å². The number of hydrogen-bond donors (Lipinski definition) is 1. The van der Waals surface area contributed by atoms with Crippen LogP contribution in [0.5, 0.6) is 5.75 Å². The van der Waals surface area contributed by atoms with Crippen molar-refractivity contribution in [3.8, 4) is 11.4 Å². The van der Waals surface area contributed by atoms with E-state index >= 15 is 0 Å². The summed E-state index contributed by atoms with van der Waals surface area (Å²) in [5.74, 6) is 0.982. The fourth-order valence-corrected chi connectivity index (χ4v) is 1.12. The van der Waals surface area contributed by atoms with Crippen LogP contribution in [0.15, 0.2) is 24.3 Å². The van der Waals surface area contributed by atoms with E-state index in [1.54, 1.807) is 13.2 Å². The first kappa shape index (κ1) is 8.49. The van der Waals surface area contributed by atoms with E-state index in [9.17, 15) is 0 Å². The van der Waals surface area contributed by atoms with Crippen molar-refractivity contribution < 1.29 is 4.74 Å². The molecule has 0 spiro atoms. The van der Waals surface area contributed by atoms with Crippen molar-refractivity contribution in [2.75, 3.05) is 12.8 Å². The van der Waals surface area contributed by atoms with Crippen LogP contribution in [-0.2, 0) is 0 Å². The Kier molecular flexibility index (Phi) is 2.02. The van der Waals surface area contributed by atoms with Crippen LogP contribution >= 0.6 is 0 Å². The minimum Gasteiger partial charge on any atom is -0.497 e. The molecule has 1 heterocycles. The number of nitrogens with two attached hydrogens (primary N) is 1. The molecule has 6 nitrogen and oxygen atoms in total. The number of ether oxygens (including phenoxy) is 1. The third kappa shape index (κ3) is 1.37. The Morgan fingerprint density at radius 1 is 1.43 bits per heavy atom. The molecule has 2 aromatic rings. The number of hydrogen-bond acceptors (Lipinski definition) is 5. The zero-order chi connectivity index (χ0) is 9.97. The molecule has 6 heteroatoms. The summed E-state index contributed by atoms with van der Waals surface area (Å²) < 4.78 is 6.50. The summed E-state index contributed by atoms with van der Waals surface area (Å²) in [6.07, 6.45) is 0. The summed E-state index contributed by atoms with van der Waals surface area (Å²) in [4.78, 5) is 0. The van der Waals surface area contributed by atoms with Crippen molar-refractivity contribution in [1.29, 1.82) is 0 Å². The predicted octanol–water partition coefficient (Wildman–Crippen LogP) is 0.253. The lowest BCUT2D eigenvalue weighted by Gasteiger charge is -2.03. The SMILES string of the molecule is COc1cccc(-n2nnnc2N)c1. The van der Waals surface area contributed by atoms with E-state index in [0.717, 1.165) is 11.4 Å². The van der Waals surface area contributed by atoms with E-state index < -0.39 is 0 Å². The maximum absolute atomic E-state index is 5.55. The quantitative estimate of drug-likeness (QED) is 0.736. The Balaban J connectivity index is 2.47. The van der Waals surface area contributed by atoms with Gasteiger partial charge in [-0.05, 0) is 22.6 Å². The fourth-order valence-electron chi connectivity index (χ4n) is 1.12. The Morgan fingerprint density at radius 3 is 2.93 bits per heavy atom. The van der Waals surface area contributed by atoms with Crippen LogP contribution in [0, 0.1) is 0 Å². The highest BCUT2D eigenvalue weighted by Gasteiger charge is 2.04. The number of rotatable bonds is 2. The first-order chi connectivity index (χ1) is 6.81. The molecule has 1 aromatic heterocycles. The summed E-state index contributed by atoms with van der Waals surface area (Å²) in [5, 5.41) is 10.8. The lowest BCUT2D eigenvalue weighted by atomic mass is 10.3. The predicted molar refractivity (Wildman–Crippen MR) is 50.1 cm³/mol. The van der Waals surface area contributed by atoms with Gasteiger partial charge in [-0.2, -0.15) is 4.68 Å². The molecule has 1 aromatic carbocycles. The summed E-state index contributed by atoms with van der Waals surface area (Å²) in [5.41, 5.74) is 6.32. The van der Waals surface area contributed by atoms with Crippen LogP contribution in [0.3, 0.4) is 0 Å². The molecule has 0 aliphatic heterocycles. The highest BCUT2D eigenvalue weighted by Crippen LogP contribution is 2.16. The topological polar surface area (TPSA) is 78.8 Å². The molecule has 0 fully saturated rings. The number of nitrogen functional groups attached to an aromatic ring is 1. The van der Waals surface area contributed by atoms with Gasteiger partial charge >= 0.3 is 0 Å². The Morgan fingerprint density at radius 2 is 2.29 bits per heavy atom. The largest absolute Gasteiger partial charge is 0.497 e. The molecular weight excluding hydrogens is 182 g/mol. The van der Waals surface area contributed by atoms with E-state index in [-0.39, 0.29) is 5.95 Å². The zero-order valence-electron chi connectivity index (χ0n) is 7.58. The normalized spacial score (nSPS) is 10.1. The highest BCUT2D eigenvalue weighted by molar-refractivity contribution is 5.41. The Labute approximate surface area is 80.3 Å². The third-order valence-electron chi connectivity index (χ3n) is 1.79. The Bertz CT molecular complexity index is 439. The molecule has 0 unspecified atom stereocenters. The smallest absolute Gasteiger partial charge is 0.245 e. The van der Waals surface area contributed by atoms with Crippen molar-refractivity contribution in [2.24, 2.45) is 0 Å². The first-order valence-electron chi connectivity index (χ1n) is 3.99. The molecular formula is C8H9N5O. The van der Waals surface area contributed by atoms with Gasteiger partial charge in [-0.15, -0.1) is 0 Å². The fraction of sp³-hybridized carbons (Fsp3) is 0.125. The minimum atomic E-state index is 0.248. The van der Waals surface area contributed by atoms with Gasteiger partial charge in [0.25, 0.3) is 0 Å². The zero-order valence-corrected chi connectivity index (χ0v) is 7.58. The molecule has 0 atom stereocenters.